The zero-order chi connectivity index (χ0) is 18.1. The molecular weight excluding hydrogens is 348 g/mol. The number of carbonyl (C=O) groups is 1. The molecule has 4 aromatic rings. The second-order valence-corrected chi connectivity index (χ2v) is 6.74. The van der Waals surface area contributed by atoms with Crippen LogP contribution in [0.3, 0.4) is 0 Å². The number of hydrogen-bond donors (Lipinski definition) is 1. The maximum absolute atomic E-state index is 13.1. The molecule has 0 unspecified atom stereocenters. The second kappa shape index (κ2) is 6.74. The topological polar surface area (TPSA) is 59.8 Å². The fourth-order valence-corrected chi connectivity index (χ4v) is 3.98. The van der Waals surface area contributed by atoms with E-state index in [4.69, 9.17) is 4.74 Å². The summed E-state index contributed by atoms with van der Waals surface area (Å²) in [6, 6.07) is 14.9. The van der Waals surface area contributed by atoms with Gasteiger partial charge in [0.25, 0.3) is 11.5 Å². The van der Waals surface area contributed by atoms with Crippen LogP contribution < -0.4 is 10.9 Å². The molecule has 1 amide bonds. The predicted molar refractivity (Wildman–Crippen MR) is 104 cm³/mol. The van der Waals surface area contributed by atoms with Gasteiger partial charge in [0.05, 0.1) is 15.8 Å². The highest BCUT2D eigenvalue weighted by Gasteiger charge is 2.18. The highest BCUT2D eigenvalue weighted by atomic mass is 32.1. The number of benzene rings is 1. The normalized spacial score (nSPS) is 11.1. The molecule has 6 heteroatoms. The first-order chi connectivity index (χ1) is 12.7. The van der Waals surface area contributed by atoms with Gasteiger partial charge in [0.15, 0.2) is 0 Å². The van der Waals surface area contributed by atoms with Crippen molar-refractivity contribution in [3.63, 3.8) is 0 Å². The molecule has 130 valence electrons. The van der Waals surface area contributed by atoms with Gasteiger partial charge in [-0.25, -0.2) is 0 Å². The highest BCUT2D eigenvalue weighted by molar-refractivity contribution is 7.18. The number of aromatic nitrogens is 1. The Morgan fingerprint density at radius 1 is 1.19 bits per heavy atom. The molecule has 0 radical (unpaired) electrons. The summed E-state index contributed by atoms with van der Waals surface area (Å²) in [4.78, 5) is 25.9. The number of thiophene rings is 1. The number of rotatable bonds is 4. The highest BCUT2D eigenvalue weighted by Crippen LogP contribution is 2.29. The summed E-state index contributed by atoms with van der Waals surface area (Å²) >= 11 is 1.51. The predicted octanol–water partition coefficient (Wildman–Crippen LogP) is 3.51. The number of carbonyl (C=O) groups excluding carboxylic acids is 1. The molecule has 0 aliphatic carbocycles. The minimum Gasteiger partial charge on any atom is -0.364 e. The maximum atomic E-state index is 13.1. The smallest absolute Gasteiger partial charge is 0.263 e. The van der Waals surface area contributed by atoms with E-state index in [0.29, 0.717) is 16.6 Å². The van der Waals surface area contributed by atoms with Crippen molar-refractivity contribution in [2.75, 3.05) is 13.8 Å². The van der Waals surface area contributed by atoms with Crippen LogP contribution >= 0.6 is 11.3 Å². The van der Waals surface area contributed by atoms with Crippen molar-refractivity contribution in [1.29, 1.82) is 0 Å². The molecule has 4 rings (SSSR count). The summed E-state index contributed by atoms with van der Waals surface area (Å²) in [7, 11) is 1.51. The van der Waals surface area contributed by atoms with E-state index >= 15 is 0 Å². The van der Waals surface area contributed by atoms with Crippen molar-refractivity contribution in [1.82, 2.24) is 9.72 Å². The van der Waals surface area contributed by atoms with Crippen molar-refractivity contribution in [2.24, 2.45) is 0 Å². The third-order valence-electron chi connectivity index (χ3n) is 4.25. The van der Waals surface area contributed by atoms with E-state index < -0.39 is 0 Å². The van der Waals surface area contributed by atoms with Crippen molar-refractivity contribution in [3.8, 4) is 11.1 Å². The van der Waals surface area contributed by atoms with Crippen LogP contribution in [0.5, 0.6) is 0 Å². The third kappa shape index (κ3) is 2.69. The molecule has 0 aliphatic heterocycles. The van der Waals surface area contributed by atoms with Crippen LogP contribution in [-0.2, 0) is 4.74 Å². The van der Waals surface area contributed by atoms with Crippen LogP contribution in [-0.4, -0.2) is 24.1 Å². The lowest BCUT2D eigenvalue weighted by atomic mass is 10.0. The quantitative estimate of drug-likeness (QED) is 0.564. The summed E-state index contributed by atoms with van der Waals surface area (Å²) in [6.07, 6.45) is 1.73. The van der Waals surface area contributed by atoms with Gasteiger partial charge in [-0.3, -0.25) is 14.0 Å². The fourth-order valence-electron chi connectivity index (χ4n) is 3.04. The molecule has 0 spiro atoms. The Kier molecular flexibility index (Phi) is 4.28. The third-order valence-corrected chi connectivity index (χ3v) is 5.19. The van der Waals surface area contributed by atoms with Crippen LogP contribution in [0.1, 0.15) is 10.4 Å². The van der Waals surface area contributed by atoms with E-state index in [1.165, 1.54) is 18.4 Å². The first kappa shape index (κ1) is 16.5. The summed E-state index contributed by atoms with van der Waals surface area (Å²) in [5, 5.41) is 5.68. The second-order valence-electron chi connectivity index (χ2n) is 5.82. The summed E-state index contributed by atoms with van der Waals surface area (Å²) in [5.41, 5.74) is 2.19. The molecule has 0 atom stereocenters. The van der Waals surface area contributed by atoms with Crippen molar-refractivity contribution >= 4 is 32.8 Å². The molecule has 3 aromatic heterocycles. The molecule has 0 aliphatic rings. The zero-order valence-electron chi connectivity index (χ0n) is 14.1. The number of nitrogens with zero attached hydrogens (tertiary/aromatic N) is 1. The van der Waals surface area contributed by atoms with Crippen LogP contribution in [0.2, 0.25) is 0 Å². The van der Waals surface area contributed by atoms with E-state index in [1.807, 2.05) is 47.8 Å². The Hall–Kier alpha value is -2.96. The van der Waals surface area contributed by atoms with Gasteiger partial charge in [-0.1, -0.05) is 30.3 Å². The zero-order valence-corrected chi connectivity index (χ0v) is 14.9. The Morgan fingerprint density at radius 2 is 2.00 bits per heavy atom. The van der Waals surface area contributed by atoms with Crippen molar-refractivity contribution < 1.29 is 9.53 Å². The van der Waals surface area contributed by atoms with Crippen molar-refractivity contribution in [2.45, 2.75) is 0 Å². The number of ether oxygens (including phenoxy) is 1. The number of hydrogen-bond acceptors (Lipinski definition) is 4. The molecule has 1 aromatic carbocycles. The largest absolute Gasteiger partial charge is 0.364 e. The summed E-state index contributed by atoms with van der Waals surface area (Å²) in [5.74, 6) is -0.276. The number of amides is 1. The lowest BCUT2D eigenvalue weighted by Gasteiger charge is -2.12. The first-order valence-electron chi connectivity index (χ1n) is 8.09. The lowest BCUT2D eigenvalue weighted by molar-refractivity contribution is 0.0873. The molecule has 26 heavy (non-hydrogen) atoms. The van der Waals surface area contributed by atoms with Gasteiger partial charge in [-0.15, -0.1) is 11.3 Å². The summed E-state index contributed by atoms with van der Waals surface area (Å²) < 4.78 is 7.43. The average molecular weight is 364 g/mol. The number of fused-ring (bicyclic) bond motifs is 3. The van der Waals surface area contributed by atoms with Gasteiger partial charge in [0, 0.05) is 18.9 Å². The monoisotopic (exact) mass is 364 g/mol. The van der Waals surface area contributed by atoms with Gasteiger partial charge in [0.1, 0.15) is 6.73 Å². The van der Waals surface area contributed by atoms with Gasteiger partial charge in [-0.2, -0.15) is 0 Å². The maximum Gasteiger partial charge on any atom is 0.263 e. The number of methoxy groups -OCH3 is 1. The Labute approximate surface area is 153 Å². The standard InChI is InChI=1S/C20H16N2O3S/c1-25-12-21-19(23)16-11-15(13-5-3-2-4-6-13)20(24)22-9-7-14-8-10-26-18(14)17(16)22/h2-11H,12H2,1H3,(H,21,23). The van der Waals surface area contributed by atoms with Crippen LogP contribution in [0.4, 0.5) is 0 Å². The van der Waals surface area contributed by atoms with E-state index in [0.717, 1.165) is 15.6 Å². The van der Waals surface area contributed by atoms with Gasteiger partial charge in [-0.05, 0) is 34.5 Å². The molecule has 0 saturated carbocycles. The minimum atomic E-state index is -0.276. The van der Waals surface area contributed by atoms with Crippen LogP contribution in [0, 0.1) is 0 Å². The van der Waals surface area contributed by atoms with Gasteiger partial charge >= 0.3 is 0 Å². The minimum absolute atomic E-state index is 0.102. The van der Waals surface area contributed by atoms with E-state index in [2.05, 4.69) is 5.32 Å². The lowest BCUT2D eigenvalue weighted by Crippen LogP contribution is -2.28. The fraction of sp³-hybridized carbons (Fsp3) is 0.100. The number of nitrogens with one attached hydrogen (secondary N) is 1. The Balaban J connectivity index is 2.07. The molecule has 0 bridgehead atoms. The average Bonchev–Trinajstić information content (AvgIpc) is 3.16. The van der Waals surface area contributed by atoms with Crippen LogP contribution in [0.25, 0.3) is 26.7 Å². The molecule has 5 nitrogen and oxygen atoms in total. The van der Waals surface area contributed by atoms with Gasteiger partial charge < -0.3 is 10.1 Å². The van der Waals surface area contributed by atoms with E-state index in [1.54, 1.807) is 16.7 Å². The van der Waals surface area contributed by atoms with Gasteiger partial charge in [0.2, 0.25) is 0 Å². The Morgan fingerprint density at radius 3 is 2.77 bits per heavy atom. The first-order valence-corrected chi connectivity index (χ1v) is 8.97. The summed E-state index contributed by atoms with van der Waals surface area (Å²) in [6.45, 7) is 0.102. The van der Waals surface area contributed by atoms with E-state index in [9.17, 15) is 9.59 Å². The van der Waals surface area contributed by atoms with Crippen molar-refractivity contribution in [3.05, 3.63) is 76.0 Å². The molecule has 0 saturated heterocycles. The molecule has 0 fully saturated rings. The number of pyridine rings is 2. The molecular formula is C20H16N2O3S. The molecule has 1 N–H and O–H groups in total. The molecule has 3 heterocycles. The Bertz CT molecular complexity index is 1160. The van der Waals surface area contributed by atoms with E-state index in [-0.39, 0.29) is 18.2 Å². The SMILES string of the molecule is COCNC(=O)c1cc(-c2ccccc2)c(=O)n2ccc3ccsc3c12. The van der Waals surface area contributed by atoms with Crippen LogP contribution in [0.15, 0.2) is 64.9 Å².